The summed E-state index contributed by atoms with van der Waals surface area (Å²) in [6, 6.07) is 6.06. The predicted molar refractivity (Wildman–Crippen MR) is 64.2 cm³/mol. The molecule has 1 heterocycles. The summed E-state index contributed by atoms with van der Waals surface area (Å²) in [5, 5.41) is 0. The lowest BCUT2D eigenvalue weighted by atomic mass is 10.1. The van der Waals surface area contributed by atoms with E-state index < -0.39 is 0 Å². The molecule has 86 valence electrons. The van der Waals surface area contributed by atoms with E-state index in [0.717, 1.165) is 24.4 Å². The Balaban J connectivity index is 2.30. The van der Waals surface area contributed by atoms with Crippen LogP contribution in [-0.2, 0) is 4.79 Å². The Morgan fingerprint density at radius 1 is 1.38 bits per heavy atom. The number of hydrogen-bond donors (Lipinski definition) is 0. The van der Waals surface area contributed by atoms with Crippen molar-refractivity contribution < 1.29 is 9.53 Å². The van der Waals surface area contributed by atoms with Gasteiger partial charge in [-0.3, -0.25) is 4.79 Å². The fourth-order valence-corrected chi connectivity index (χ4v) is 2.09. The number of rotatable bonds is 2. The lowest BCUT2D eigenvalue weighted by Gasteiger charge is -2.29. The molecular formula is C13H17NO2. The molecule has 1 aliphatic heterocycles. The number of methoxy groups -OCH3 is 1. The summed E-state index contributed by atoms with van der Waals surface area (Å²) in [5.74, 6) is 1.16. The quantitative estimate of drug-likeness (QED) is 0.763. The number of carbonyl (C=O) groups is 1. The van der Waals surface area contributed by atoms with Gasteiger partial charge in [0.25, 0.3) is 0 Å². The maximum Gasteiger partial charge on any atom is 0.152 e. The monoisotopic (exact) mass is 219 g/mol. The number of Topliss-reactive ketones (excluding diaryl/α,β-unsaturated/α-hetero) is 1. The standard InChI is InChI=1S/C13H17NO2/c1-10-5-6-13(16-2)12(8-10)14-7-3-4-11(15)9-14/h5-6,8H,3-4,7,9H2,1-2H3. The van der Waals surface area contributed by atoms with E-state index in [1.165, 1.54) is 5.56 Å². The minimum Gasteiger partial charge on any atom is -0.495 e. The van der Waals surface area contributed by atoms with Crippen molar-refractivity contribution in [2.45, 2.75) is 19.8 Å². The molecule has 0 aliphatic carbocycles. The molecule has 1 fully saturated rings. The molecule has 1 saturated heterocycles. The normalized spacial score (nSPS) is 16.4. The van der Waals surface area contributed by atoms with Crippen LogP contribution in [0.5, 0.6) is 5.75 Å². The second kappa shape index (κ2) is 4.56. The molecule has 0 atom stereocenters. The van der Waals surface area contributed by atoms with E-state index in [9.17, 15) is 4.79 Å². The SMILES string of the molecule is COc1ccc(C)cc1N1CCCC(=O)C1. The predicted octanol–water partition coefficient (Wildman–Crippen LogP) is 2.17. The van der Waals surface area contributed by atoms with E-state index in [2.05, 4.69) is 17.9 Å². The van der Waals surface area contributed by atoms with Gasteiger partial charge in [-0.25, -0.2) is 0 Å². The van der Waals surface area contributed by atoms with Crippen LogP contribution in [0.3, 0.4) is 0 Å². The van der Waals surface area contributed by atoms with Crippen LogP contribution < -0.4 is 9.64 Å². The Bertz CT molecular complexity index is 401. The number of ether oxygens (including phenoxy) is 1. The lowest BCUT2D eigenvalue weighted by Crippen LogP contribution is -2.35. The van der Waals surface area contributed by atoms with Gasteiger partial charge in [-0.2, -0.15) is 0 Å². The number of piperidine rings is 1. The lowest BCUT2D eigenvalue weighted by molar-refractivity contribution is -0.118. The Hall–Kier alpha value is -1.51. The molecule has 0 spiro atoms. The van der Waals surface area contributed by atoms with Gasteiger partial charge in [-0.15, -0.1) is 0 Å². The molecule has 0 amide bonds. The summed E-state index contributed by atoms with van der Waals surface area (Å²) in [6.45, 7) is 3.50. The van der Waals surface area contributed by atoms with E-state index in [1.807, 2.05) is 12.1 Å². The van der Waals surface area contributed by atoms with Crippen molar-refractivity contribution in [3.05, 3.63) is 23.8 Å². The van der Waals surface area contributed by atoms with Crippen LogP contribution in [0.2, 0.25) is 0 Å². The average Bonchev–Trinajstić information content (AvgIpc) is 2.29. The van der Waals surface area contributed by atoms with E-state index in [4.69, 9.17) is 4.74 Å². The van der Waals surface area contributed by atoms with Gasteiger partial charge in [0.1, 0.15) is 5.75 Å². The number of hydrogen-bond acceptors (Lipinski definition) is 3. The number of aryl methyl sites for hydroxylation is 1. The second-order valence-corrected chi connectivity index (χ2v) is 4.24. The highest BCUT2D eigenvalue weighted by Crippen LogP contribution is 2.30. The fourth-order valence-electron chi connectivity index (χ4n) is 2.09. The zero-order valence-electron chi connectivity index (χ0n) is 9.82. The van der Waals surface area contributed by atoms with Gasteiger partial charge < -0.3 is 9.64 Å². The molecule has 0 unspecified atom stereocenters. The number of benzene rings is 1. The first kappa shape index (κ1) is 11.0. The van der Waals surface area contributed by atoms with Crippen LogP contribution in [0.4, 0.5) is 5.69 Å². The van der Waals surface area contributed by atoms with Crippen molar-refractivity contribution in [1.82, 2.24) is 0 Å². The molecule has 1 aliphatic rings. The molecule has 2 rings (SSSR count). The zero-order chi connectivity index (χ0) is 11.5. The van der Waals surface area contributed by atoms with Crippen molar-refractivity contribution >= 4 is 11.5 Å². The highest BCUT2D eigenvalue weighted by atomic mass is 16.5. The van der Waals surface area contributed by atoms with Gasteiger partial charge in [-0.05, 0) is 31.0 Å². The molecule has 0 bridgehead atoms. The van der Waals surface area contributed by atoms with Gasteiger partial charge in [0, 0.05) is 13.0 Å². The van der Waals surface area contributed by atoms with E-state index >= 15 is 0 Å². The second-order valence-electron chi connectivity index (χ2n) is 4.24. The van der Waals surface area contributed by atoms with Crippen molar-refractivity contribution in [2.75, 3.05) is 25.1 Å². The van der Waals surface area contributed by atoms with Gasteiger partial charge in [0.2, 0.25) is 0 Å². The van der Waals surface area contributed by atoms with Crippen LogP contribution in [-0.4, -0.2) is 26.0 Å². The smallest absolute Gasteiger partial charge is 0.152 e. The first-order valence-corrected chi connectivity index (χ1v) is 5.62. The van der Waals surface area contributed by atoms with E-state index in [1.54, 1.807) is 7.11 Å². The summed E-state index contributed by atoms with van der Waals surface area (Å²) in [4.78, 5) is 13.6. The summed E-state index contributed by atoms with van der Waals surface area (Å²) in [7, 11) is 1.67. The maximum absolute atomic E-state index is 11.4. The Labute approximate surface area is 96.0 Å². The van der Waals surface area contributed by atoms with Gasteiger partial charge in [0.15, 0.2) is 5.78 Å². The molecule has 16 heavy (non-hydrogen) atoms. The maximum atomic E-state index is 11.4. The van der Waals surface area contributed by atoms with Crippen LogP contribution in [0, 0.1) is 6.92 Å². The van der Waals surface area contributed by atoms with Crippen LogP contribution >= 0.6 is 0 Å². The Kier molecular flexibility index (Phi) is 3.13. The minimum absolute atomic E-state index is 0.315. The third-order valence-electron chi connectivity index (χ3n) is 2.93. The Morgan fingerprint density at radius 3 is 2.88 bits per heavy atom. The van der Waals surface area contributed by atoms with Gasteiger partial charge >= 0.3 is 0 Å². The summed E-state index contributed by atoms with van der Waals surface area (Å²) >= 11 is 0. The average molecular weight is 219 g/mol. The summed E-state index contributed by atoms with van der Waals surface area (Å²) < 4.78 is 5.34. The highest BCUT2D eigenvalue weighted by molar-refractivity contribution is 5.85. The topological polar surface area (TPSA) is 29.5 Å². The van der Waals surface area contributed by atoms with E-state index in [0.29, 0.717) is 18.7 Å². The molecule has 0 radical (unpaired) electrons. The number of ketones is 1. The molecule has 1 aromatic rings. The first-order valence-electron chi connectivity index (χ1n) is 5.62. The van der Waals surface area contributed by atoms with Crippen molar-refractivity contribution in [1.29, 1.82) is 0 Å². The molecule has 0 N–H and O–H groups in total. The molecule has 1 aromatic carbocycles. The zero-order valence-corrected chi connectivity index (χ0v) is 9.82. The van der Waals surface area contributed by atoms with Crippen LogP contribution in [0.15, 0.2) is 18.2 Å². The largest absolute Gasteiger partial charge is 0.495 e. The van der Waals surface area contributed by atoms with Crippen molar-refractivity contribution in [3.63, 3.8) is 0 Å². The highest BCUT2D eigenvalue weighted by Gasteiger charge is 2.19. The van der Waals surface area contributed by atoms with Crippen molar-refractivity contribution in [3.8, 4) is 5.75 Å². The third-order valence-corrected chi connectivity index (χ3v) is 2.93. The minimum atomic E-state index is 0.315. The van der Waals surface area contributed by atoms with Crippen LogP contribution in [0.1, 0.15) is 18.4 Å². The molecule has 3 heteroatoms. The number of carbonyl (C=O) groups excluding carboxylic acids is 1. The number of anilines is 1. The summed E-state index contributed by atoms with van der Waals surface area (Å²) in [5.41, 5.74) is 2.23. The number of nitrogens with zero attached hydrogens (tertiary/aromatic N) is 1. The summed E-state index contributed by atoms with van der Waals surface area (Å²) in [6.07, 6.45) is 1.65. The van der Waals surface area contributed by atoms with Gasteiger partial charge in [0.05, 0.1) is 19.3 Å². The Morgan fingerprint density at radius 2 is 2.19 bits per heavy atom. The van der Waals surface area contributed by atoms with Crippen molar-refractivity contribution in [2.24, 2.45) is 0 Å². The third kappa shape index (κ3) is 2.18. The van der Waals surface area contributed by atoms with Gasteiger partial charge in [-0.1, -0.05) is 6.07 Å². The molecule has 0 saturated carbocycles. The molecular weight excluding hydrogens is 202 g/mol. The molecule has 0 aromatic heterocycles. The molecule has 3 nitrogen and oxygen atoms in total. The van der Waals surface area contributed by atoms with E-state index in [-0.39, 0.29) is 0 Å². The first-order chi connectivity index (χ1) is 7.70. The fraction of sp³-hybridized carbons (Fsp3) is 0.462. The van der Waals surface area contributed by atoms with Crippen LogP contribution in [0.25, 0.3) is 0 Å².